The Morgan fingerprint density at radius 1 is 1.04 bits per heavy atom. The monoisotopic (exact) mass is 328 g/mol. The molecule has 0 heterocycles. The lowest BCUT2D eigenvalue weighted by Gasteiger charge is -2.18. The fraction of sp³-hybridized carbons (Fsp3) is 0.263. The number of benzene rings is 2. The van der Waals surface area contributed by atoms with E-state index in [2.05, 4.69) is 5.32 Å². The van der Waals surface area contributed by atoms with E-state index >= 15 is 0 Å². The number of nitrogens with zero attached hydrogens (tertiary/aromatic N) is 1. The highest BCUT2D eigenvalue weighted by molar-refractivity contribution is 5.96. The van der Waals surface area contributed by atoms with Crippen LogP contribution < -0.4 is 5.32 Å². The quantitative estimate of drug-likeness (QED) is 0.882. The largest absolute Gasteiger partial charge is 0.339 e. The van der Waals surface area contributed by atoms with Crippen LogP contribution in [-0.2, 0) is 11.2 Å². The van der Waals surface area contributed by atoms with Gasteiger partial charge < -0.3 is 10.2 Å². The van der Waals surface area contributed by atoms with Crippen molar-refractivity contribution < 1.29 is 14.0 Å². The minimum Gasteiger partial charge on any atom is -0.339 e. The van der Waals surface area contributed by atoms with Gasteiger partial charge in [0, 0.05) is 24.3 Å². The molecule has 0 spiro atoms. The minimum absolute atomic E-state index is 0.0300. The molecular formula is C19H21FN2O2. The van der Waals surface area contributed by atoms with Crippen molar-refractivity contribution in [2.75, 3.05) is 18.4 Å². The van der Waals surface area contributed by atoms with Crippen LogP contribution in [0, 0.1) is 5.82 Å². The van der Waals surface area contributed by atoms with Gasteiger partial charge in [0.15, 0.2) is 0 Å². The van der Waals surface area contributed by atoms with E-state index in [-0.39, 0.29) is 24.1 Å². The lowest BCUT2D eigenvalue weighted by molar-refractivity contribution is -0.115. The maximum absolute atomic E-state index is 13.1. The fourth-order valence-electron chi connectivity index (χ4n) is 2.43. The van der Waals surface area contributed by atoms with E-state index in [1.807, 2.05) is 13.8 Å². The molecule has 0 atom stereocenters. The molecule has 0 bridgehead atoms. The van der Waals surface area contributed by atoms with Gasteiger partial charge in [0.25, 0.3) is 5.91 Å². The topological polar surface area (TPSA) is 49.4 Å². The van der Waals surface area contributed by atoms with Gasteiger partial charge in [0.05, 0.1) is 6.42 Å². The second-order valence-electron chi connectivity index (χ2n) is 5.41. The Hall–Kier alpha value is -2.69. The first-order valence-electron chi connectivity index (χ1n) is 7.97. The number of nitrogens with one attached hydrogen (secondary N) is 1. The number of anilines is 1. The maximum Gasteiger partial charge on any atom is 0.253 e. The van der Waals surface area contributed by atoms with E-state index in [0.717, 1.165) is 0 Å². The van der Waals surface area contributed by atoms with Crippen LogP contribution >= 0.6 is 0 Å². The number of rotatable bonds is 6. The van der Waals surface area contributed by atoms with E-state index in [4.69, 9.17) is 0 Å². The summed E-state index contributed by atoms with van der Waals surface area (Å²) in [5.74, 6) is -0.624. The summed E-state index contributed by atoms with van der Waals surface area (Å²) >= 11 is 0. The summed E-state index contributed by atoms with van der Waals surface area (Å²) in [5, 5.41) is 2.75. The van der Waals surface area contributed by atoms with Gasteiger partial charge in [-0.1, -0.05) is 12.1 Å². The van der Waals surface area contributed by atoms with Crippen molar-refractivity contribution in [3.63, 3.8) is 0 Å². The summed E-state index contributed by atoms with van der Waals surface area (Å²) < 4.78 is 13.1. The minimum atomic E-state index is -0.362. The maximum atomic E-state index is 13.1. The number of carbonyl (C=O) groups excluding carboxylic acids is 2. The first-order valence-corrected chi connectivity index (χ1v) is 7.97. The van der Waals surface area contributed by atoms with Crippen LogP contribution in [0.2, 0.25) is 0 Å². The molecule has 126 valence electrons. The lowest BCUT2D eigenvalue weighted by Crippen LogP contribution is -2.30. The van der Waals surface area contributed by atoms with Crippen LogP contribution in [0.3, 0.4) is 0 Å². The molecule has 0 radical (unpaired) electrons. The summed E-state index contributed by atoms with van der Waals surface area (Å²) in [6, 6.07) is 12.7. The van der Waals surface area contributed by atoms with Crippen LogP contribution in [0.5, 0.6) is 0 Å². The summed E-state index contributed by atoms with van der Waals surface area (Å²) in [4.78, 5) is 26.0. The summed E-state index contributed by atoms with van der Waals surface area (Å²) in [7, 11) is 0. The standard InChI is InChI=1S/C19H21FN2O2/c1-3-22(4-2)19(24)15-8-10-17(11-9-15)21-18(23)13-14-6-5-7-16(20)12-14/h5-12H,3-4,13H2,1-2H3,(H,21,23). The Morgan fingerprint density at radius 3 is 2.29 bits per heavy atom. The molecule has 2 aromatic rings. The van der Waals surface area contributed by atoms with Crippen molar-refractivity contribution in [3.8, 4) is 0 Å². The second kappa shape index (κ2) is 8.24. The van der Waals surface area contributed by atoms with Gasteiger partial charge in [0.1, 0.15) is 5.82 Å². The Morgan fingerprint density at radius 2 is 1.71 bits per heavy atom. The lowest BCUT2D eigenvalue weighted by atomic mass is 10.1. The number of hydrogen-bond acceptors (Lipinski definition) is 2. The van der Waals surface area contributed by atoms with Gasteiger partial charge in [0.2, 0.25) is 5.91 Å². The fourth-order valence-corrected chi connectivity index (χ4v) is 2.43. The molecule has 2 rings (SSSR count). The molecule has 0 saturated carbocycles. The molecular weight excluding hydrogens is 307 g/mol. The van der Waals surface area contributed by atoms with Crippen LogP contribution in [0.4, 0.5) is 10.1 Å². The van der Waals surface area contributed by atoms with Crippen LogP contribution in [0.25, 0.3) is 0 Å². The van der Waals surface area contributed by atoms with Gasteiger partial charge in [-0.15, -0.1) is 0 Å². The molecule has 0 saturated heterocycles. The van der Waals surface area contributed by atoms with Gasteiger partial charge in [-0.05, 0) is 55.8 Å². The van der Waals surface area contributed by atoms with Gasteiger partial charge in [-0.25, -0.2) is 4.39 Å². The van der Waals surface area contributed by atoms with Crippen molar-refractivity contribution in [2.24, 2.45) is 0 Å². The third kappa shape index (κ3) is 4.65. The Kier molecular flexibility index (Phi) is 6.07. The smallest absolute Gasteiger partial charge is 0.253 e. The van der Waals surface area contributed by atoms with Crippen molar-refractivity contribution >= 4 is 17.5 Å². The second-order valence-corrected chi connectivity index (χ2v) is 5.41. The number of hydrogen-bond donors (Lipinski definition) is 1. The van der Waals surface area contributed by atoms with Crippen molar-refractivity contribution in [1.82, 2.24) is 4.90 Å². The van der Waals surface area contributed by atoms with E-state index in [1.165, 1.54) is 12.1 Å². The molecule has 0 fully saturated rings. The Balaban J connectivity index is 1.98. The number of amides is 2. The zero-order chi connectivity index (χ0) is 17.5. The molecule has 4 nitrogen and oxygen atoms in total. The highest BCUT2D eigenvalue weighted by atomic mass is 19.1. The summed E-state index contributed by atoms with van der Waals surface area (Å²) in [5.41, 5.74) is 1.80. The van der Waals surface area contributed by atoms with Crippen LogP contribution in [0.15, 0.2) is 48.5 Å². The molecule has 24 heavy (non-hydrogen) atoms. The van der Waals surface area contributed by atoms with Crippen molar-refractivity contribution in [2.45, 2.75) is 20.3 Å². The molecule has 0 aliphatic rings. The highest BCUT2D eigenvalue weighted by Crippen LogP contribution is 2.13. The number of carbonyl (C=O) groups is 2. The Labute approximate surface area is 141 Å². The van der Waals surface area contributed by atoms with E-state index in [9.17, 15) is 14.0 Å². The third-order valence-corrected chi connectivity index (χ3v) is 3.72. The SMILES string of the molecule is CCN(CC)C(=O)c1ccc(NC(=O)Cc2cccc(F)c2)cc1. The van der Waals surface area contributed by atoms with Crippen LogP contribution in [0.1, 0.15) is 29.8 Å². The van der Waals surface area contributed by atoms with E-state index in [1.54, 1.807) is 41.3 Å². The van der Waals surface area contributed by atoms with Gasteiger partial charge >= 0.3 is 0 Å². The summed E-state index contributed by atoms with van der Waals surface area (Å²) in [6.07, 6.45) is 0.0951. The zero-order valence-electron chi connectivity index (χ0n) is 13.9. The highest BCUT2D eigenvalue weighted by Gasteiger charge is 2.12. The average Bonchev–Trinajstić information content (AvgIpc) is 2.56. The van der Waals surface area contributed by atoms with Gasteiger partial charge in [-0.3, -0.25) is 9.59 Å². The molecule has 0 aromatic heterocycles. The molecule has 2 amide bonds. The predicted octanol–water partition coefficient (Wildman–Crippen LogP) is 3.49. The van der Waals surface area contributed by atoms with E-state index in [0.29, 0.717) is 29.9 Å². The molecule has 0 aliphatic heterocycles. The molecule has 2 aromatic carbocycles. The van der Waals surface area contributed by atoms with Gasteiger partial charge in [-0.2, -0.15) is 0 Å². The van der Waals surface area contributed by atoms with E-state index < -0.39 is 0 Å². The number of halogens is 1. The molecule has 0 unspecified atom stereocenters. The van der Waals surface area contributed by atoms with Crippen molar-refractivity contribution in [3.05, 3.63) is 65.5 Å². The third-order valence-electron chi connectivity index (χ3n) is 3.72. The summed E-state index contributed by atoms with van der Waals surface area (Å²) in [6.45, 7) is 5.17. The predicted molar refractivity (Wildman–Crippen MR) is 92.4 cm³/mol. The average molecular weight is 328 g/mol. The molecule has 1 N–H and O–H groups in total. The first-order chi connectivity index (χ1) is 11.5. The van der Waals surface area contributed by atoms with Crippen molar-refractivity contribution in [1.29, 1.82) is 0 Å². The molecule has 5 heteroatoms. The zero-order valence-corrected chi connectivity index (χ0v) is 13.9. The molecule has 0 aliphatic carbocycles. The normalized spacial score (nSPS) is 10.3. The Bertz CT molecular complexity index is 710. The first kappa shape index (κ1) is 17.7. The van der Waals surface area contributed by atoms with Crippen LogP contribution in [-0.4, -0.2) is 29.8 Å².